The first-order chi connectivity index (χ1) is 7.71. The lowest BCUT2D eigenvalue weighted by Crippen LogP contribution is -2.43. The molecule has 3 N–H and O–H groups in total. The molecule has 2 atom stereocenters. The van der Waals surface area contributed by atoms with E-state index < -0.39 is 0 Å². The standard InChI is InChI=1S/C12H21N3O/c1-12(5-3-2-4-11(12)16)8-13-6-10-7-14-9-15-10/h7,9,11,13,16H,2-6,8H2,1H3,(H,14,15). The quantitative estimate of drug-likeness (QED) is 0.724. The minimum absolute atomic E-state index is 0.0400. The molecule has 2 rings (SSSR count). The summed E-state index contributed by atoms with van der Waals surface area (Å²) in [4.78, 5) is 7.04. The first-order valence-electron chi connectivity index (χ1n) is 6.07. The molecule has 1 aromatic heterocycles. The topological polar surface area (TPSA) is 60.9 Å². The molecule has 0 spiro atoms. The molecule has 1 heterocycles. The van der Waals surface area contributed by atoms with Gasteiger partial charge in [-0.25, -0.2) is 4.98 Å². The third-order valence-electron chi connectivity index (χ3n) is 3.68. The molecule has 0 bridgehead atoms. The minimum Gasteiger partial charge on any atom is -0.393 e. The lowest BCUT2D eigenvalue weighted by Gasteiger charge is -2.38. The van der Waals surface area contributed by atoms with Crippen LogP contribution in [0.4, 0.5) is 0 Å². The van der Waals surface area contributed by atoms with Crippen LogP contribution in [0.25, 0.3) is 0 Å². The van der Waals surface area contributed by atoms with Crippen molar-refractivity contribution in [1.82, 2.24) is 15.3 Å². The molecule has 0 amide bonds. The molecule has 1 saturated carbocycles. The van der Waals surface area contributed by atoms with Crippen molar-refractivity contribution in [2.75, 3.05) is 6.54 Å². The van der Waals surface area contributed by atoms with Crippen LogP contribution in [-0.2, 0) is 6.54 Å². The summed E-state index contributed by atoms with van der Waals surface area (Å²) in [6.45, 7) is 3.84. The summed E-state index contributed by atoms with van der Waals surface area (Å²) in [5, 5.41) is 13.4. The van der Waals surface area contributed by atoms with Crippen molar-refractivity contribution in [2.45, 2.75) is 45.3 Å². The van der Waals surface area contributed by atoms with Crippen LogP contribution < -0.4 is 5.32 Å². The Morgan fingerprint density at radius 1 is 1.62 bits per heavy atom. The van der Waals surface area contributed by atoms with Gasteiger partial charge in [0.15, 0.2) is 0 Å². The van der Waals surface area contributed by atoms with Crippen LogP contribution in [0.3, 0.4) is 0 Å². The first kappa shape index (κ1) is 11.6. The average Bonchev–Trinajstić information content (AvgIpc) is 2.76. The van der Waals surface area contributed by atoms with Crippen LogP contribution >= 0.6 is 0 Å². The van der Waals surface area contributed by atoms with Gasteiger partial charge in [-0.15, -0.1) is 0 Å². The van der Waals surface area contributed by atoms with Gasteiger partial charge in [0.25, 0.3) is 0 Å². The summed E-state index contributed by atoms with van der Waals surface area (Å²) >= 11 is 0. The Balaban J connectivity index is 1.79. The third kappa shape index (κ3) is 2.62. The van der Waals surface area contributed by atoms with Crippen molar-refractivity contribution in [3.8, 4) is 0 Å². The van der Waals surface area contributed by atoms with Crippen molar-refractivity contribution in [2.24, 2.45) is 5.41 Å². The fourth-order valence-corrected chi connectivity index (χ4v) is 2.45. The summed E-state index contributed by atoms with van der Waals surface area (Å²) in [5.41, 5.74) is 1.13. The number of rotatable bonds is 4. The summed E-state index contributed by atoms with van der Waals surface area (Å²) in [5.74, 6) is 0. The van der Waals surface area contributed by atoms with Crippen molar-refractivity contribution in [3.63, 3.8) is 0 Å². The number of nitrogens with zero attached hydrogens (tertiary/aromatic N) is 1. The molecule has 4 heteroatoms. The highest BCUT2D eigenvalue weighted by Gasteiger charge is 2.34. The highest BCUT2D eigenvalue weighted by Crippen LogP contribution is 2.35. The maximum Gasteiger partial charge on any atom is 0.0922 e. The second kappa shape index (κ2) is 4.97. The Labute approximate surface area is 96.5 Å². The minimum atomic E-state index is -0.157. The number of imidazole rings is 1. The molecule has 2 unspecified atom stereocenters. The van der Waals surface area contributed by atoms with Crippen LogP contribution in [0.15, 0.2) is 12.5 Å². The van der Waals surface area contributed by atoms with Gasteiger partial charge in [-0.05, 0) is 12.8 Å². The van der Waals surface area contributed by atoms with Crippen molar-refractivity contribution in [1.29, 1.82) is 0 Å². The Hall–Kier alpha value is -0.870. The largest absolute Gasteiger partial charge is 0.393 e. The Bertz CT molecular complexity index is 312. The molecular weight excluding hydrogens is 202 g/mol. The second-order valence-corrected chi connectivity index (χ2v) is 5.10. The molecule has 0 radical (unpaired) electrons. The monoisotopic (exact) mass is 223 g/mol. The Morgan fingerprint density at radius 2 is 2.50 bits per heavy atom. The molecule has 90 valence electrons. The summed E-state index contributed by atoms with van der Waals surface area (Å²) in [6, 6.07) is 0. The predicted molar refractivity (Wildman–Crippen MR) is 62.9 cm³/mol. The van der Waals surface area contributed by atoms with Crippen molar-refractivity contribution < 1.29 is 5.11 Å². The fraction of sp³-hybridized carbons (Fsp3) is 0.750. The molecule has 1 aromatic rings. The molecule has 0 aliphatic heterocycles. The summed E-state index contributed by atoms with van der Waals surface area (Å²) in [6.07, 6.45) is 7.82. The van der Waals surface area contributed by atoms with E-state index in [9.17, 15) is 5.11 Å². The smallest absolute Gasteiger partial charge is 0.0922 e. The van der Waals surface area contributed by atoms with E-state index in [1.54, 1.807) is 6.33 Å². The number of aromatic amines is 1. The van der Waals surface area contributed by atoms with E-state index >= 15 is 0 Å². The zero-order chi connectivity index (χ0) is 11.4. The number of H-pyrrole nitrogens is 1. The van der Waals surface area contributed by atoms with E-state index in [2.05, 4.69) is 22.2 Å². The van der Waals surface area contributed by atoms with Gasteiger partial charge < -0.3 is 15.4 Å². The van der Waals surface area contributed by atoms with Crippen molar-refractivity contribution in [3.05, 3.63) is 18.2 Å². The summed E-state index contributed by atoms with van der Waals surface area (Å²) in [7, 11) is 0. The van der Waals surface area contributed by atoms with Gasteiger partial charge in [0, 0.05) is 30.4 Å². The molecule has 4 nitrogen and oxygen atoms in total. The van der Waals surface area contributed by atoms with Gasteiger partial charge >= 0.3 is 0 Å². The first-order valence-corrected chi connectivity index (χ1v) is 6.07. The summed E-state index contributed by atoms with van der Waals surface area (Å²) < 4.78 is 0. The number of aromatic nitrogens is 2. The third-order valence-corrected chi connectivity index (χ3v) is 3.68. The lowest BCUT2D eigenvalue weighted by molar-refractivity contribution is 0.00111. The average molecular weight is 223 g/mol. The van der Waals surface area contributed by atoms with E-state index in [-0.39, 0.29) is 11.5 Å². The molecule has 1 aliphatic carbocycles. The van der Waals surface area contributed by atoms with Gasteiger partial charge in [-0.3, -0.25) is 0 Å². The Kier molecular flexibility index (Phi) is 3.61. The molecule has 0 aromatic carbocycles. The lowest BCUT2D eigenvalue weighted by atomic mass is 9.73. The van der Waals surface area contributed by atoms with Gasteiger partial charge in [0.2, 0.25) is 0 Å². The van der Waals surface area contributed by atoms with Gasteiger partial charge in [-0.2, -0.15) is 0 Å². The number of hydrogen-bond acceptors (Lipinski definition) is 3. The van der Waals surface area contributed by atoms with Crippen molar-refractivity contribution >= 4 is 0 Å². The van der Waals surface area contributed by atoms with Crippen LogP contribution in [0.2, 0.25) is 0 Å². The van der Waals surface area contributed by atoms with E-state index in [0.29, 0.717) is 0 Å². The highest BCUT2D eigenvalue weighted by molar-refractivity contribution is 4.94. The predicted octanol–water partition coefficient (Wildman–Crippen LogP) is 1.44. The van der Waals surface area contributed by atoms with Gasteiger partial charge in [0.05, 0.1) is 12.4 Å². The van der Waals surface area contributed by atoms with E-state index in [1.165, 1.54) is 6.42 Å². The maximum atomic E-state index is 10.0. The van der Waals surface area contributed by atoms with E-state index in [0.717, 1.165) is 38.0 Å². The van der Waals surface area contributed by atoms with Gasteiger partial charge in [0.1, 0.15) is 0 Å². The number of aliphatic hydroxyl groups is 1. The van der Waals surface area contributed by atoms with E-state index in [4.69, 9.17) is 0 Å². The number of hydrogen-bond donors (Lipinski definition) is 3. The SMILES string of the molecule is CC1(CNCc2cnc[nH]2)CCCCC1O. The normalized spacial score (nSPS) is 30.5. The zero-order valence-electron chi connectivity index (χ0n) is 9.87. The van der Waals surface area contributed by atoms with Crippen LogP contribution in [0.1, 0.15) is 38.3 Å². The molecule has 16 heavy (non-hydrogen) atoms. The molecule has 1 aliphatic rings. The fourth-order valence-electron chi connectivity index (χ4n) is 2.45. The maximum absolute atomic E-state index is 10.0. The van der Waals surface area contributed by atoms with Gasteiger partial charge in [-0.1, -0.05) is 19.8 Å². The molecule has 1 fully saturated rings. The molecular formula is C12H21N3O. The number of aliphatic hydroxyl groups excluding tert-OH is 1. The van der Waals surface area contributed by atoms with Crippen LogP contribution in [-0.4, -0.2) is 27.7 Å². The number of nitrogens with one attached hydrogen (secondary N) is 2. The molecule has 0 saturated heterocycles. The van der Waals surface area contributed by atoms with Crippen LogP contribution in [0.5, 0.6) is 0 Å². The van der Waals surface area contributed by atoms with E-state index in [1.807, 2.05) is 6.20 Å². The highest BCUT2D eigenvalue weighted by atomic mass is 16.3. The van der Waals surface area contributed by atoms with Crippen LogP contribution in [0, 0.1) is 5.41 Å². The Morgan fingerprint density at radius 3 is 3.19 bits per heavy atom. The second-order valence-electron chi connectivity index (χ2n) is 5.10. The zero-order valence-corrected chi connectivity index (χ0v) is 9.87.